The van der Waals surface area contributed by atoms with Gasteiger partial charge in [-0.2, -0.15) is 0 Å². The number of nitrogens with zero attached hydrogens (tertiary/aromatic N) is 2. The Morgan fingerprint density at radius 2 is 2.00 bits per heavy atom. The molecule has 0 bridgehead atoms. The summed E-state index contributed by atoms with van der Waals surface area (Å²) in [5.74, 6) is -0.699. The number of hydrogen-bond donors (Lipinski definition) is 0. The van der Waals surface area contributed by atoms with Crippen molar-refractivity contribution >= 4 is 23.2 Å². The number of aldehydes is 1. The highest BCUT2D eigenvalue weighted by atomic mass is 32.2. The van der Waals surface area contributed by atoms with Gasteiger partial charge in [0.1, 0.15) is 29.8 Å². The van der Waals surface area contributed by atoms with Crippen LogP contribution in [0.15, 0.2) is 4.99 Å². The lowest BCUT2D eigenvalue weighted by Gasteiger charge is -2.35. The van der Waals surface area contributed by atoms with Gasteiger partial charge in [-0.1, -0.05) is 11.8 Å². The number of ether oxygens (including phenoxy) is 3. The maximum Gasteiger partial charge on any atom is 0.164 e. The molecular formula is C12H18N2O4S. The molecule has 0 aliphatic carbocycles. The van der Waals surface area contributed by atoms with Gasteiger partial charge in [-0.25, -0.2) is 0 Å². The maximum absolute atomic E-state index is 11.2. The minimum atomic E-state index is -0.699. The third-order valence-electron chi connectivity index (χ3n) is 3.39. The monoisotopic (exact) mass is 286 g/mol. The third kappa shape index (κ3) is 2.18. The predicted octanol–water partition coefficient (Wildman–Crippen LogP) is 0.463. The standard InChI is InChI=1S/C12H18N2O4S/c1-12(2)17-8-6(5-15)16-10-7(9(8)18-12)13-11(19-10)14(3)4/h5-10H,1-4H3. The number of carbonyl (C=O) groups excluding carboxylic acids is 1. The number of fused-ring (bicyclic) bond motifs is 3. The Kier molecular flexibility index (Phi) is 3.12. The summed E-state index contributed by atoms with van der Waals surface area (Å²) in [5, 5.41) is 0.897. The third-order valence-corrected chi connectivity index (χ3v) is 4.70. The van der Waals surface area contributed by atoms with Crippen LogP contribution < -0.4 is 0 Å². The van der Waals surface area contributed by atoms with Gasteiger partial charge in [0.2, 0.25) is 0 Å². The van der Waals surface area contributed by atoms with Crippen LogP contribution in [-0.4, -0.2) is 66.0 Å². The molecule has 3 aliphatic heterocycles. The first-order valence-corrected chi connectivity index (χ1v) is 7.17. The molecule has 0 saturated carbocycles. The van der Waals surface area contributed by atoms with Crippen LogP contribution in [0, 0.1) is 0 Å². The van der Waals surface area contributed by atoms with Gasteiger partial charge in [0.05, 0.1) is 0 Å². The molecule has 0 N–H and O–H groups in total. The molecule has 0 spiro atoms. The fourth-order valence-corrected chi connectivity index (χ4v) is 3.77. The number of hydrogen-bond acceptors (Lipinski definition) is 7. The van der Waals surface area contributed by atoms with E-state index in [9.17, 15) is 4.79 Å². The zero-order valence-electron chi connectivity index (χ0n) is 11.4. The molecule has 2 saturated heterocycles. The van der Waals surface area contributed by atoms with E-state index >= 15 is 0 Å². The average Bonchev–Trinajstić information content (AvgIpc) is 2.87. The van der Waals surface area contributed by atoms with Gasteiger partial charge in [-0.15, -0.1) is 0 Å². The molecule has 6 nitrogen and oxygen atoms in total. The molecule has 106 valence electrons. The van der Waals surface area contributed by atoms with E-state index in [0.29, 0.717) is 0 Å². The van der Waals surface area contributed by atoms with Crippen LogP contribution in [0.3, 0.4) is 0 Å². The lowest BCUT2D eigenvalue weighted by atomic mass is 9.99. The molecule has 0 amide bonds. The zero-order valence-corrected chi connectivity index (χ0v) is 12.2. The van der Waals surface area contributed by atoms with Crippen LogP contribution in [-0.2, 0) is 19.0 Å². The average molecular weight is 286 g/mol. The van der Waals surface area contributed by atoms with E-state index in [1.807, 2.05) is 32.8 Å². The Balaban J connectivity index is 1.89. The van der Waals surface area contributed by atoms with Crippen LogP contribution >= 0.6 is 11.8 Å². The topological polar surface area (TPSA) is 60.4 Å². The van der Waals surface area contributed by atoms with Crippen LogP contribution in [0.5, 0.6) is 0 Å². The quantitative estimate of drug-likeness (QED) is 0.653. The molecule has 3 rings (SSSR count). The first kappa shape index (κ1) is 13.4. The molecule has 0 aromatic rings. The van der Waals surface area contributed by atoms with Crippen molar-refractivity contribution in [1.82, 2.24) is 4.90 Å². The van der Waals surface area contributed by atoms with Crippen molar-refractivity contribution in [3.63, 3.8) is 0 Å². The van der Waals surface area contributed by atoms with Crippen LogP contribution in [0.1, 0.15) is 13.8 Å². The minimum Gasteiger partial charge on any atom is -0.358 e. The second-order valence-electron chi connectivity index (χ2n) is 5.58. The first-order valence-electron chi connectivity index (χ1n) is 6.29. The van der Waals surface area contributed by atoms with E-state index in [1.165, 1.54) is 11.8 Å². The largest absolute Gasteiger partial charge is 0.358 e. The van der Waals surface area contributed by atoms with Gasteiger partial charge in [-0.3, -0.25) is 4.99 Å². The van der Waals surface area contributed by atoms with Crippen molar-refractivity contribution in [2.75, 3.05) is 14.1 Å². The zero-order chi connectivity index (χ0) is 13.8. The number of amidine groups is 1. The molecule has 2 fully saturated rings. The summed E-state index contributed by atoms with van der Waals surface area (Å²) >= 11 is 1.53. The molecule has 0 aromatic carbocycles. The summed E-state index contributed by atoms with van der Waals surface area (Å²) in [7, 11) is 3.88. The van der Waals surface area contributed by atoms with Crippen LogP contribution in [0.25, 0.3) is 0 Å². The van der Waals surface area contributed by atoms with Crippen molar-refractivity contribution in [3.8, 4) is 0 Å². The highest BCUT2D eigenvalue weighted by Gasteiger charge is 2.57. The Bertz CT molecular complexity index is 426. The molecule has 7 heteroatoms. The maximum atomic E-state index is 11.2. The van der Waals surface area contributed by atoms with E-state index in [4.69, 9.17) is 14.2 Å². The smallest absolute Gasteiger partial charge is 0.164 e. The van der Waals surface area contributed by atoms with Crippen molar-refractivity contribution in [3.05, 3.63) is 0 Å². The number of aliphatic imine (C=N–C) groups is 1. The fourth-order valence-electron chi connectivity index (χ4n) is 2.63. The Morgan fingerprint density at radius 1 is 1.32 bits per heavy atom. The van der Waals surface area contributed by atoms with E-state index in [1.54, 1.807) is 0 Å². The summed E-state index contributed by atoms with van der Waals surface area (Å²) in [6.07, 6.45) is -0.391. The lowest BCUT2D eigenvalue weighted by molar-refractivity contribution is -0.157. The highest BCUT2D eigenvalue weighted by molar-refractivity contribution is 8.14. The predicted molar refractivity (Wildman–Crippen MR) is 71.1 cm³/mol. The van der Waals surface area contributed by atoms with E-state index in [2.05, 4.69) is 4.99 Å². The Morgan fingerprint density at radius 3 is 2.63 bits per heavy atom. The highest BCUT2D eigenvalue weighted by Crippen LogP contribution is 2.44. The number of thioether (sulfide) groups is 1. The lowest BCUT2D eigenvalue weighted by Crippen LogP contribution is -2.53. The van der Waals surface area contributed by atoms with Gasteiger partial charge in [0.25, 0.3) is 0 Å². The molecule has 19 heavy (non-hydrogen) atoms. The Hall–Kier alpha value is -0.630. The normalized spacial score (nSPS) is 43.4. The molecule has 0 radical (unpaired) electrons. The second kappa shape index (κ2) is 4.44. The van der Waals surface area contributed by atoms with Crippen LogP contribution in [0.4, 0.5) is 0 Å². The second-order valence-corrected chi connectivity index (χ2v) is 6.65. The van der Waals surface area contributed by atoms with Crippen molar-refractivity contribution in [2.45, 2.75) is 49.4 Å². The molecule has 5 unspecified atom stereocenters. The van der Waals surface area contributed by atoms with E-state index in [-0.39, 0.29) is 23.7 Å². The van der Waals surface area contributed by atoms with Gasteiger partial charge >= 0.3 is 0 Å². The fraction of sp³-hybridized carbons (Fsp3) is 0.833. The molecular weight excluding hydrogens is 268 g/mol. The summed E-state index contributed by atoms with van der Waals surface area (Å²) < 4.78 is 17.5. The first-order chi connectivity index (χ1) is 8.91. The van der Waals surface area contributed by atoms with Gasteiger partial charge in [-0.05, 0) is 13.8 Å². The molecule has 0 aromatic heterocycles. The number of carbonyl (C=O) groups is 1. The van der Waals surface area contributed by atoms with Crippen molar-refractivity contribution < 1.29 is 19.0 Å². The molecule has 3 heterocycles. The van der Waals surface area contributed by atoms with Crippen molar-refractivity contribution in [2.24, 2.45) is 4.99 Å². The molecule has 5 atom stereocenters. The van der Waals surface area contributed by atoms with Gasteiger partial charge < -0.3 is 23.9 Å². The number of rotatable bonds is 1. The SMILES string of the molecule is CN(C)C1=NC2C(OC(C=O)C3OC(C)(C)OC23)S1. The summed E-state index contributed by atoms with van der Waals surface area (Å²) in [4.78, 5) is 17.8. The minimum absolute atomic E-state index is 0.120. The summed E-state index contributed by atoms with van der Waals surface area (Å²) in [6.45, 7) is 3.70. The van der Waals surface area contributed by atoms with Crippen molar-refractivity contribution in [1.29, 1.82) is 0 Å². The van der Waals surface area contributed by atoms with E-state index < -0.39 is 11.9 Å². The summed E-state index contributed by atoms with van der Waals surface area (Å²) in [5.41, 5.74) is -0.175. The van der Waals surface area contributed by atoms with E-state index in [0.717, 1.165) is 11.5 Å². The van der Waals surface area contributed by atoms with Gasteiger partial charge in [0.15, 0.2) is 17.2 Å². The molecule has 3 aliphatic rings. The summed E-state index contributed by atoms with van der Waals surface area (Å²) in [6, 6.07) is -0.120. The van der Waals surface area contributed by atoms with Crippen LogP contribution in [0.2, 0.25) is 0 Å². The Labute approximate surface area is 116 Å². The van der Waals surface area contributed by atoms with Gasteiger partial charge in [0, 0.05) is 14.1 Å².